The topological polar surface area (TPSA) is 68.7 Å². The van der Waals surface area contributed by atoms with Crippen molar-refractivity contribution in [3.8, 4) is 0 Å². The molecule has 1 aromatic carbocycles. The van der Waals surface area contributed by atoms with Crippen molar-refractivity contribution in [2.24, 2.45) is 0 Å². The molecule has 6 nitrogen and oxygen atoms in total. The van der Waals surface area contributed by atoms with Crippen LogP contribution in [0.2, 0.25) is 0 Å². The van der Waals surface area contributed by atoms with Crippen LogP contribution in [0.5, 0.6) is 0 Å². The Hall–Kier alpha value is -2.47. The highest BCUT2D eigenvalue weighted by atomic mass is 16.5. The zero-order valence-corrected chi connectivity index (χ0v) is 15.3. The number of pyridine rings is 1. The summed E-state index contributed by atoms with van der Waals surface area (Å²) in [6.45, 7) is 0.924. The Morgan fingerprint density at radius 1 is 1.19 bits per heavy atom. The van der Waals surface area contributed by atoms with Gasteiger partial charge in [0.05, 0.1) is 30.7 Å². The van der Waals surface area contributed by atoms with E-state index in [0.29, 0.717) is 13.2 Å². The molecule has 27 heavy (non-hydrogen) atoms. The second-order valence-corrected chi connectivity index (χ2v) is 7.18. The Balaban J connectivity index is 1.35. The van der Waals surface area contributed by atoms with Gasteiger partial charge in [0.15, 0.2) is 6.61 Å². The van der Waals surface area contributed by atoms with Crippen molar-refractivity contribution in [1.82, 2.24) is 9.88 Å². The maximum Gasteiger partial charge on any atom is 0.310 e. The zero-order chi connectivity index (χ0) is 18.6. The van der Waals surface area contributed by atoms with E-state index < -0.39 is 5.97 Å². The van der Waals surface area contributed by atoms with Gasteiger partial charge in [-0.2, -0.15) is 0 Å². The fourth-order valence-electron chi connectivity index (χ4n) is 4.15. The van der Waals surface area contributed by atoms with Crippen molar-refractivity contribution in [3.05, 3.63) is 42.1 Å². The number of aromatic nitrogens is 1. The van der Waals surface area contributed by atoms with Crippen LogP contribution in [0.25, 0.3) is 10.9 Å². The summed E-state index contributed by atoms with van der Waals surface area (Å²) in [5.41, 5.74) is 1.60. The van der Waals surface area contributed by atoms with E-state index in [1.165, 1.54) is 0 Å². The van der Waals surface area contributed by atoms with Crippen LogP contribution >= 0.6 is 0 Å². The molecule has 2 aliphatic rings. The third-order valence-electron chi connectivity index (χ3n) is 5.46. The highest BCUT2D eigenvalue weighted by Crippen LogP contribution is 2.28. The number of carbonyl (C=O) groups excluding carboxylic acids is 2. The van der Waals surface area contributed by atoms with Crippen molar-refractivity contribution in [3.63, 3.8) is 0 Å². The van der Waals surface area contributed by atoms with Gasteiger partial charge in [0, 0.05) is 18.1 Å². The number of carbonyl (C=O) groups is 2. The molecule has 1 amide bonds. The lowest BCUT2D eigenvalue weighted by molar-refractivity contribution is -0.160. The lowest BCUT2D eigenvalue weighted by atomic mass is 9.90. The molecule has 0 N–H and O–H groups in total. The number of amides is 1. The molecule has 0 bridgehead atoms. The van der Waals surface area contributed by atoms with Crippen LogP contribution in [-0.2, 0) is 25.5 Å². The summed E-state index contributed by atoms with van der Waals surface area (Å²) in [5.74, 6) is -0.533. The number of esters is 1. The number of ether oxygens (including phenoxy) is 2. The maximum atomic E-state index is 12.6. The van der Waals surface area contributed by atoms with Gasteiger partial charge in [-0.3, -0.25) is 14.6 Å². The molecule has 142 valence electrons. The number of fused-ring (bicyclic) bond motifs is 2. The van der Waals surface area contributed by atoms with Crippen LogP contribution in [-0.4, -0.2) is 53.7 Å². The van der Waals surface area contributed by atoms with Gasteiger partial charge in [-0.05, 0) is 24.5 Å². The molecule has 2 heterocycles. The van der Waals surface area contributed by atoms with E-state index in [-0.39, 0.29) is 31.1 Å². The largest absolute Gasteiger partial charge is 0.455 e. The molecule has 4 rings (SSSR count). The van der Waals surface area contributed by atoms with Gasteiger partial charge in [-0.1, -0.05) is 37.1 Å². The van der Waals surface area contributed by atoms with Crippen LogP contribution in [0, 0.1) is 0 Å². The number of para-hydroxylation sites is 1. The SMILES string of the molecule is O=C(Cc1cccc2cccnc12)OCC(=O)N1CCO[C@H]2CCCC[C@@H]21. The van der Waals surface area contributed by atoms with Gasteiger partial charge < -0.3 is 14.4 Å². The van der Waals surface area contributed by atoms with E-state index in [0.717, 1.165) is 42.1 Å². The predicted octanol–water partition coefficient (Wildman–Crippen LogP) is 2.49. The van der Waals surface area contributed by atoms with Crippen molar-refractivity contribution in [1.29, 1.82) is 0 Å². The summed E-state index contributed by atoms with van der Waals surface area (Å²) < 4.78 is 11.1. The zero-order valence-electron chi connectivity index (χ0n) is 15.3. The fraction of sp³-hybridized carbons (Fsp3) is 0.476. The van der Waals surface area contributed by atoms with E-state index in [4.69, 9.17) is 9.47 Å². The Morgan fingerprint density at radius 2 is 2.04 bits per heavy atom. The Kier molecular flexibility index (Phi) is 5.34. The normalized spacial score (nSPS) is 22.3. The molecule has 2 fully saturated rings. The molecule has 1 aliphatic heterocycles. The second-order valence-electron chi connectivity index (χ2n) is 7.18. The molecule has 1 aliphatic carbocycles. The summed E-state index contributed by atoms with van der Waals surface area (Å²) >= 11 is 0. The molecule has 0 unspecified atom stereocenters. The highest BCUT2D eigenvalue weighted by Gasteiger charge is 2.36. The summed E-state index contributed by atoms with van der Waals surface area (Å²) in [7, 11) is 0. The molecule has 1 aromatic heterocycles. The minimum Gasteiger partial charge on any atom is -0.455 e. The molecule has 2 aromatic rings. The molecular formula is C21H24N2O4. The van der Waals surface area contributed by atoms with Crippen molar-refractivity contribution < 1.29 is 19.1 Å². The average Bonchev–Trinajstić information content (AvgIpc) is 2.72. The minimum atomic E-state index is -0.407. The van der Waals surface area contributed by atoms with E-state index in [9.17, 15) is 9.59 Å². The molecule has 0 spiro atoms. The first-order valence-corrected chi connectivity index (χ1v) is 9.62. The number of hydrogen-bond donors (Lipinski definition) is 0. The first-order valence-electron chi connectivity index (χ1n) is 9.62. The summed E-state index contributed by atoms with van der Waals surface area (Å²) in [5, 5.41) is 0.982. The van der Waals surface area contributed by atoms with E-state index >= 15 is 0 Å². The summed E-state index contributed by atoms with van der Waals surface area (Å²) in [6, 6.07) is 9.67. The predicted molar refractivity (Wildman–Crippen MR) is 100 cm³/mol. The highest BCUT2D eigenvalue weighted by molar-refractivity contribution is 5.87. The van der Waals surface area contributed by atoms with Crippen molar-refractivity contribution in [2.45, 2.75) is 44.2 Å². The van der Waals surface area contributed by atoms with Crippen molar-refractivity contribution >= 4 is 22.8 Å². The van der Waals surface area contributed by atoms with Crippen LogP contribution in [0.15, 0.2) is 36.5 Å². The smallest absolute Gasteiger partial charge is 0.310 e. The molecule has 6 heteroatoms. The van der Waals surface area contributed by atoms with Gasteiger partial charge in [0.2, 0.25) is 0 Å². The number of morpholine rings is 1. The lowest BCUT2D eigenvalue weighted by Crippen LogP contribution is -2.55. The number of benzene rings is 1. The van der Waals surface area contributed by atoms with Gasteiger partial charge >= 0.3 is 5.97 Å². The van der Waals surface area contributed by atoms with Gasteiger partial charge in [-0.15, -0.1) is 0 Å². The van der Waals surface area contributed by atoms with Gasteiger partial charge in [0.1, 0.15) is 0 Å². The minimum absolute atomic E-state index is 0.108. The van der Waals surface area contributed by atoms with Crippen molar-refractivity contribution in [2.75, 3.05) is 19.8 Å². The van der Waals surface area contributed by atoms with E-state index in [1.54, 1.807) is 6.20 Å². The quantitative estimate of drug-likeness (QED) is 0.776. The Bertz CT molecular complexity index is 831. The number of nitrogens with zero attached hydrogens (tertiary/aromatic N) is 2. The maximum absolute atomic E-state index is 12.6. The fourth-order valence-corrected chi connectivity index (χ4v) is 4.15. The molecule has 1 saturated carbocycles. The first kappa shape index (κ1) is 17.9. The molecular weight excluding hydrogens is 344 g/mol. The van der Waals surface area contributed by atoms with Crippen LogP contribution in [0.4, 0.5) is 0 Å². The molecule has 1 saturated heterocycles. The summed E-state index contributed by atoms with van der Waals surface area (Å²) in [6.07, 6.45) is 6.18. The standard InChI is InChI=1S/C21H24N2O4/c24-19(23-11-12-26-18-9-2-1-8-17(18)23)14-27-20(25)13-16-6-3-5-15-7-4-10-22-21(15)16/h3-7,10,17-18H,1-2,8-9,11-14H2/t17-,18-/m0/s1. The number of rotatable bonds is 4. The third kappa shape index (κ3) is 3.95. The monoisotopic (exact) mass is 368 g/mol. The molecule has 2 atom stereocenters. The number of hydrogen-bond acceptors (Lipinski definition) is 5. The average molecular weight is 368 g/mol. The van der Waals surface area contributed by atoms with E-state index in [2.05, 4.69) is 4.98 Å². The van der Waals surface area contributed by atoms with Gasteiger partial charge in [0.25, 0.3) is 5.91 Å². The van der Waals surface area contributed by atoms with Crippen LogP contribution in [0.3, 0.4) is 0 Å². The second kappa shape index (κ2) is 8.05. The van der Waals surface area contributed by atoms with E-state index in [1.807, 2.05) is 35.2 Å². The van der Waals surface area contributed by atoms with Crippen LogP contribution in [0.1, 0.15) is 31.2 Å². The lowest BCUT2D eigenvalue weighted by Gasteiger charge is -2.43. The Labute approximate surface area is 158 Å². The summed E-state index contributed by atoms with van der Waals surface area (Å²) in [4.78, 5) is 31.1. The molecule has 0 radical (unpaired) electrons. The van der Waals surface area contributed by atoms with Gasteiger partial charge in [-0.25, -0.2) is 0 Å². The Morgan fingerprint density at radius 3 is 2.96 bits per heavy atom. The van der Waals surface area contributed by atoms with Crippen LogP contribution < -0.4 is 0 Å². The third-order valence-corrected chi connectivity index (χ3v) is 5.46. The first-order chi connectivity index (χ1) is 13.2.